The van der Waals surface area contributed by atoms with Crippen molar-refractivity contribution in [2.75, 3.05) is 0 Å². The molecule has 0 spiro atoms. The van der Waals surface area contributed by atoms with E-state index in [-0.39, 0.29) is 5.92 Å². The fourth-order valence-corrected chi connectivity index (χ4v) is 2.78. The van der Waals surface area contributed by atoms with Crippen molar-refractivity contribution in [3.05, 3.63) is 0 Å². The second-order valence-electron chi connectivity index (χ2n) is 6.59. The summed E-state index contributed by atoms with van der Waals surface area (Å²) in [5, 5.41) is 18.3. The van der Waals surface area contributed by atoms with Crippen molar-refractivity contribution in [1.29, 1.82) is 0 Å². The first-order valence-corrected chi connectivity index (χ1v) is 8.23. The predicted octanol–water partition coefficient (Wildman–Crippen LogP) is 4.57. The molecule has 0 aliphatic heterocycles. The van der Waals surface area contributed by atoms with Crippen molar-refractivity contribution in [2.24, 2.45) is 17.3 Å². The van der Waals surface area contributed by atoms with E-state index in [2.05, 4.69) is 13.8 Å². The van der Waals surface area contributed by atoms with E-state index in [9.17, 15) is 14.7 Å². The van der Waals surface area contributed by atoms with Gasteiger partial charge in [0.05, 0.1) is 11.3 Å². The summed E-state index contributed by atoms with van der Waals surface area (Å²) in [6, 6.07) is 0. The van der Waals surface area contributed by atoms with Gasteiger partial charge in [-0.25, -0.2) is 0 Å². The molecule has 0 aromatic heterocycles. The first kappa shape index (κ1) is 19.9. The van der Waals surface area contributed by atoms with E-state index in [0.29, 0.717) is 18.8 Å². The Morgan fingerprint density at radius 3 is 2.05 bits per heavy atom. The number of rotatable bonds is 12. The molecular weight excluding hydrogens is 268 g/mol. The Morgan fingerprint density at radius 2 is 1.62 bits per heavy atom. The van der Waals surface area contributed by atoms with Crippen LogP contribution >= 0.6 is 0 Å². The SMILES string of the molecule is CCC(CC)CC(C)(CCCCCC(C)C(=O)O)C(=O)O. The van der Waals surface area contributed by atoms with Crippen molar-refractivity contribution in [3.63, 3.8) is 0 Å². The lowest BCUT2D eigenvalue weighted by Gasteiger charge is -2.29. The molecular formula is C17H32O4. The Morgan fingerprint density at radius 1 is 1.05 bits per heavy atom. The van der Waals surface area contributed by atoms with Gasteiger partial charge < -0.3 is 10.2 Å². The fourth-order valence-electron chi connectivity index (χ4n) is 2.78. The van der Waals surface area contributed by atoms with Crippen LogP contribution < -0.4 is 0 Å². The maximum Gasteiger partial charge on any atom is 0.309 e. The van der Waals surface area contributed by atoms with Gasteiger partial charge in [0, 0.05) is 0 Å². The standard InChI is InChI=1S/C17H32O4/c1-5-14(6-2)12-17(4,16(20)21)11-9-7-8-10-13(3)15(18)19/h13-14H,5-12H2,1-4H3,(H,18,19)(H,20,21). The second kappa shape index (κ2) is 9.80. The highest BCUT2D eigenvalue weighted by Gasteiger charge is 2.34. The van der Waals surface area contributed by atoms with Crippen LogP contribution in [0.15, 0.2) is 0 Å². The van der Waals surface area contributed by atoms with Crippen molar-refractivity contribution in [1.82, 2.24) is 0 Å². The lowest BCUT2D eigenvalue weighted by molar-refractivity contribution is -0.149. The van der Waals surface area contributed by atoms with Crippen LogP contribution in [0.2, 0.25) is 0 Å². The van der Waals surface area contributed by atoms with Crippen LogP contribution in [-0.2, 0) is 9.59 Å². The van der Waals surface area contributed by atoms with Gasteiger partial charge in [0.15, 0.2) is 0 Å². The van der Waals surface area contributed by atoms with Crippen LogP contribution in [0, 0.1) is 17.3 Å². The molecule has 0 heterocycles. The van der Waals surface area contributed by atoms with Crippen LogP contribution in [0.25, 0.3) is 0 Å². The maximum absolute atomic E-state index is 11.6. The monoisotopic (exact) mass is 300 g/mol. The summed E-state index contributed by atoms with van der Waals surface area (Å²) in [7, 11) is 0. The van der Waals surface area contributed by atoms with Gasteiger partial charge in [-0.05, 0) is 32.1 Å². The summed E-state index contributed by atoms with van der Waals surface area (Å²) < 4.78 is 0. The van der Waals surface area contributed by atoms with Crippen LogP contribution in [-0.4, -0.2) is 22.2 Å². The summed E-state index contributed by atoms with van der Waals surface area (Å²) >= 11 is 0. The van der Waals surface area contributed by atoms with Crippen molar-refractivity contribution in [3.8, 4) is 0 Å². The van der Waals surface area contributed by atoms with E-state index in [1.165, 1.54) is 0 Å². The Balaban J connectivity index is 4.21. The average Bonchev–Trinajstić information content (AvgIpc) is 2.43. The van der Waals surface area contributed by atoms with Gasteiger partial charge in [-0.2, -0.15) is 0 Å². The zero-order valence-corrected chi connectivity index (χ0v) is 14.0. The minimum atomic E-state index is -0.751. The third-order valence-electron chi connectivity index (χ3n) is 4.70. The molecule has 124 valence electrons. The molecule has 0 aromatic rings. The zero-order chi connectivity index (χ0) is 16.5. The molecule has 0 aliphatic carbocycles. The Labute approximate surface area is 128 Å². The highest BCUT2D eigenvalue weighted by molar-refractivity contribution is 5.74. The Hall–Kier alpha value is -1.06. The number of carboxylic acid groups (broad SMARTS) is 2. The smallest absolute Gasteiger partial charge is 0.309 e. The Bertz CT molecular complexity index is 323. The summed E-state index contributed by atoms with van der Waals surface area (Å²) in [4.78, 5) is 22.3. The molecule has 2 N–H and O–H groups in total. The third kappa shape index (κ3) is 7.49. The van der Waals surface area contributed by atoms with Gasteiger partial charge in [0.25, 0.3) is 0 Å². The molecule has 4 heteroatoms. The number of carbonyl (C=O) groups is 2. The molecule has 0 radical (unpaired) electrons. The Kier molecular flexibility index (Phi) is 9.31. The first-order valence-electron chi connectivity index (χ1n) is 8.23. The summed E-state index contributed by atoms with van der Waals surface area (Å²) in [5.41, 5.74) is -0.644. The number of hydrogen-bond donors (Lipinski definition) is 2. The van der Waals surface area contributed by atoms with Gasteiger partial charge >= 0.3 is 11.9 Å². The number of aliphatic carboxylic acids is 2. The van der Waals surface area contributed by atoms with Crippen molar-refractivity contribution >= 4 is 11.9 Å². The highest BCUT2D eigenvalue weighted by Crippen LogP contribution is 2.35. The van der Waals surface area contributed by atoms with E-state index in [1.807, 2.05) is 6.92 Å². The number of hydrogen-bond acceptors (Lipinski definition) is 2. The minimum absolute atomic E-state index is 0.305. The quantitative estimate of drug-likeness (QED) is 0.517. The van der Waals surface area contributed by atoms with Crippen LogP contribution in [0.3, 0.4) is 0 Å². The second-order valence-corrected chi connectivity index (χ2v) is 6.59. The number of unbranched alkanes of at least 4 members (excludes halogenated alkanes) is 2. The number of carboxylic acids is 2. The topological polar surface area (TPSA) is 74.6 Å². The van der Waals surface area contributed by atoms with E-state index < -0.39 is 17.4 Å². The molecule has 0 saturated heterocycles. The predicted molar refractivity (Wildman–Crippen MR) is 84.3 cm³/mol. The van der Waals surface area contributed by atoms with E-state index >= 15 is 0 Å². The third-order valence-corrected chi connectivity index (χ3v) is 4.70. The molecule has 2 unspecified atom stereocenters. The molecule has 21 heavy (non-hydrogen) atoms. The zero-order valence-electron chi connectivity index (χ0n) is 14.0. The molecule has 4 nitrogen and oxygen atoms in total. The van der Waals surface area contributed by atoms with Crippen LogP contribution in [0.1, 0.15) is 79.1 Å². The highest BCUT2D eigenvalue weighted by atomic mass is 16.4. The summed E-state index contributed by atoms with van der Waals surface area (Å²) in [5.74, 6) is -1.29. The van der Waals surface area contributed by atoms with Crippen molar-refractivity contribution in [2.45, 2.75) is 79.1 Å². The molecule has 0 amide bonds. The average molecular weight is 300 g/mol. The van der Waals surface area contributed by atoms with Gasteiger partial charge in [0.2, 0.25) is 0 Å². The largest absolute Gasteiger partial charge is 0.481 e. The molecule has 0 aromatic carbocycles. The van der Waals surface area contributed by atoms with Crippen molar-refractivity contribution < 1.29 is 19.8 Å². The van der Waals surface area contributed by atoms with Gasteiger partial charge in [-0.3, -0.25) is 9.59 Å². The molecule has 2 atom stereocenters. The van der Waals surface area contributed by atoms with E-state index in [4.69, 9.17) is 5.11 Å². The molecule has 0 bridgehead atoms. The maximum atomic E-state index is 11.6. The normalized spacial score (nSPS) is 15.7. The van der Waals surface area contributed by atoms with Gasteiger partial charge in [-0.1, -0.05) is 52.9 Å². The lowest BCUT2D eigenvalue weighted by Crippen LogP contribution is -2.30. The van der Waals surface area contributed by atoms with E-state index in [0.717, 1.165) is 38.5 Å². The first-order chi connectivity index (χ1) is 9.76. The summed E-state index contributed by atoms with van der Waals surface area (Å²) in [6.07, 6.45) is 6.75. The van der Waals surface area contributed by atoms with E-state index in [1.54, 1.807) is 6.92 Å². The molecule has 0 saturated carbocycles. The minimum Gasteiger partial charge on any atom is -0.481 e. The summed E-state index contributed by atoms with van der Waals surface area (Å²) in [6.45, 7) is 7.80. The molecule has 0 fully saturated rings. The van der Waals surface area contributed by atoms with Gasteiger partial charge in [-0.15, -0.1) is 0 Å². The van der Waals surface area contributed by atoms with Crippen LogP contribution in [0.5, 0.6) is 0 Å². The fraction of sp³-hybridized carbons (Fsp3) is 0.882. The molecule has 0 aliphatic rings. The van der Waals surface area contributed by atoms with Crippen LogP contribution in [0.4, 0.5) is 0 Å². The van der Waals surface area contributed by atoms with Gasteiger partial charge in [0.1, 0.15) is 0 Å². The lowest BCUT2D eigenvalue weighted by atomic mass is 9.75. The molecule has 0 rings (SSSR count).